The first-order valence-corrected chi connectivity index (χ1v) is 19.6. The molecule has 296 valence electrons. The predicted octanol–water partition coefficient (Wildman–Crippen LogP) is 7.80. The van der Waals surface area contributed by atoms with E-state index in [0.29, 0.717) is 53.9 Å². The minimum atomic E-state index is -0.587. The van der Waals surface area contributed by atoms with E-state index in [1.807, 2.05) is 86.6 Å². The van der Waals surface area contributed by atoms with Gasteiger partial charge in [0.1, 0.15) is 25.1 Å². The smallest absolute Gasteiger partial charge is 0.410 e. The number of benzene rings is 3. The average Bonchev–Trinajstić information content (AvgIpc) is 3.15. The van der Waals surface area contributed by atoms with Gasteiger partial charge in [0.15, 0.2) is 11.5 Å². The normalized spacial score (nSPS) is 14.6. The average molecular weight is 804 g/mol. The van der Waals surface area contributed by atoms with Gasteiger partial charge in [0.05, 0.1) is 17.6 Å². The molecule has 0 N–H and O–H groups in total. The van der Waals surface area contributed by atoms with E-state index in [1.54, 1.807) is 18.2 Å². The number of hydrogen-bond acceptors (Lipinski definition) is 8. The minimum absolute atomic E-state index is 0.0160. The number of ether oxygens (including phenoxy) is 3. The van der Waals surface area contributed by atoms with Crippen molar-refractivity contribution in [3.8, 4) is 11.5 Å². The summed E-state index contributed by atoms with van der Waals surface area (Å²) >= 11 is 12.2. The van der Waals surface area contributed by atoms with Gasteiger partial charge in [-0.25, -0.2) is 4.79 Å². The van der Waals surface area contributed by atoms with Crippen molar-refractivity contribution in [2.24, 2.45) is 0 Å². The largest absolute Gasteiger partial charge is 0.486 e. The second-order valence-electron chi connectivity index (χ2n) is 15.2. The van der Waals surface area contributed by atoms with Crippen molar-refractivity contribution < 1.29 is 23.8 Å². The van der Waals surface area contributed by atoms with Crippen LogP contribution in [-0.2, 0) is 29.2 Å². The third-order valence-corrected chi connectivity index (χ3v) is 10.5. The van der Waals surface area contributed by atoms with Crippen LogP contribution in [0.1, 0.15) is 50.3 Å². The van der Waals surface area contributed by atoms with E-state index in [1.165, 1.54) is 10.6 Å². The topological polar surface area (TPSA) is 112 Å². The molecule has 7 rings (SSSR count). The molecule has 1 amide bonds. The Balaban J connectivity index is 0.000000277. The quantitative estimate of drug-likeness (QED) is 0.146. The number of carbonyl (C=O) groups is 2. The van der Waals surface area contributed by atoms with Crippen LogP contribution in [0, 0.1) is 13.8 Å². The van der Waals surface area contributed by atoms with Crippen LogP contribution in [0.2, 0.25) is 10.0 Å². The van der Waals surface area contributed by atoms with Crippen molar-refractivity contribution >= 4 is 57.4 Å². The molecule has 2 aromatic heterocycles. The van der Waals surface area contributed by atoms with Crippen molar-refractivity contribution in [2.75, 3.05) is 32.8 Å². The van der Waals surface area contributed by atoms with Crippen molar-refractivity contribution in [3.05, 3.63) is 114 Å². The number of fused-ring (bicyclic) bond motifs is 3. The molecule has 4 heterocycles. The van der Waals surface area contributed by atoms with Crippen LogP contribution < -0.4 is 20.6 Å². The molecule has 56 heavy (non-hydrogen) atoms. The molecule has 0 bridgehead atoms. The monoisotopic (exact) mass is 802 g/mol. The fourth-order valence-corrected chi connectivity index (χ4v) is 7.61. The molecule has 13 heteroatoms. The van der Waals surface area contributed by atoms with Gasteiger partial charge in [-0.05, 0) is 101 Å². The number of amides is 1. The Morgan fingerprint density at radius 3 is 1.96 bits per heavy atom. The van der Waals surface area contributed by atoms with Crippen molar-refractivity contribution in [1.29, 1.82) is 0 Å². The summed E-state index contributed by atoms with van der Waals surface area (Å²) in [6.45, 7) is 14.0. The molecule has 0 saturated carbocycles. The summed E-state index contributed by atoms with van der Waals surface area (Å²) in [5.41, 5.74) is 3.59. The zero-order chi connectivity index (χ0) is 40.1. The van der Waals surface area contributed by atoms with Crippen molar-refractivity contribution in [2.45, 2.75) is 78.7 Å². The fraction of sp³-hybridized carbons (Fsp3) is 0.395. The number of nitrogens with zero attached hydrogens (tertiary/aromatic N) is 4. The van der Waals surface area contributed by atoms with E-state index >= 15 is 0 Å². The Morgan fingerprint density at radius 1 is 0.804 bits per heavy atom. The first-order valence-electron chi connectivity index (χ1n) is 18.8. The van der Waals surface area contributed by atoms with Gasteiger partial charge < -0.3 is 37.9 Å². The maximum Gasteiger partial charge on any atom is 0.410 e. The zero-order valence-electron chi connectivity index (χ0n) is 32.5. The van der Waals surface area contributed by atoms with E-state index in [0.717, 1.165) is 71.2 Å². The first-order chi connectivity index (χ1) is 26.7. The third-order valence-electron chi connectivity index (χ3n) is 10.0. The van der Waals surface area contributed by atoms with E-state index in [4.69, 9.17) is 37.4 Å². The van der Waals surface area contributed by atoms with Crippen molar-refractivity contribution in [1.82, 2.24) is 18.9 Å². The lowest BCUT2D eigenvalue weighted by molar-refractivity contribution is -0.108. The molecule has 2 aliphatic rings. The van der Waals surface area contributed by atoms with Gasteiger partial charge in [-0.1, -0.05) is 41.4 Å². The Morgan fingerprint density at radius 2 is 1.38 bits per heavy atom. The number of pyridine rings is 2. The summed E-state index contributed by atoms with van der Waals surface area (Å²) in [6, 6.07) is 20.1. The van der Waals surface area contributed by atoms with Gasteiger partial charge in [0.25, 0.3) is 11.1 Å². The number of aromatic nitrogens is 2. The molecular weight excluding hydrogens is 755 g/mol. The molecule has 5 aromatic rings. The van der Waals surface area contributed by atoms with Crippen LogP contribution in [-0.4, -0.2) is 75.8 Å². The number of aryl methyl sites for hydroxylation is 2. The lowest BCUT2D eigenvalue weighted by Crippen LogP contribution is -2.49. The zero-order valence-corrected chi connectivity index (χ0v) is 34.0. The fourth-order valence-electron chi connectivity index (χ4n) is 7.28. The van der Waals surface area contributed by atoms with E-state index in [9.17, 15) is 19.2 Å². The molecule has 1 saturated heterocycles. The highest BCUT2D eigenvalue weighted by Gasteiger charge is 2.31. The summed E-state index contributed by atoms with van der Waals surface area (Å²) < 4.78 is 20.5. The van der Waals surface area contributed by atoms with Crippen LogP contribution in [0.5, 0.6) is 11.5 Å². The second kappa shape index (κ2) is 17.5. The highest BCUT2D eigenvalue weighted by Crippen LogP contribution is 2.32. The highest BCUT2D eigenvalue weighted by molar-refractivity contribution is 6.31. The molecule has 1 fully saturated rings. The Bertz CT molecular complexity index is 2360. The Hall–Kier alpha value is -4.84. The van der Waals surface area contributed by atoms with Crippen molar-refractivity contribution in [3.63, 3.8) is 0 Å². The minimum Gasteiger partial charge on any atom is -0.486 e. The molecule has 0 atom stereocenters. The van der Waals surface area contributed by atoms with Gasteiger partial charge in [0.2, 0.25) is 0 Å². The van der Waals surface area contributed by atoms with Gasteiger partial charge in [-0.3, -0.25) is 9.59 Å². The number of piperidine rings is 1. The Labute approximate surface area is 336 Å². The molecule has 11 nitrogen and oxygen atoms in total. The highest BCUT2D eigenvalue weighted by atomic mass is 35.5. The number of likely N-dealkylation sites (tertiary alicyclic amines) is 1. The molecule has 0 spiro atoms. The van der Waals surface area contributed by atoms with Crippen LogP contribution >= 0.6 is 23.2 Å². The number of carbonyl (C=O) groups excluding carboxylic acids is 2. The summed E-state index contributed by atoms with van der Waals surface area (Å²) in [5.74, 6) is 1.44. The SMILES string of the molecule is Cc1cc(=O)n(CC=O)c2cc(Cl)ccc12.Cc1cc(=O)n(CCN2CCC(N(Cc3ccc4c(c3)OCCO4)C(=O)OC(C)(C)C)CC2)c2cc(Cl)ccc12. The van der Waals surface area contributed by atoms with Crippen LogP contribution in [0.25, 0.3) is 21.8 Å². The molecule has 0 unspecified atom stereocenters. The van der Waals surface area contributed by atoms with Crippen LogP contribution in [0.3, 0.4) is 0 Å². The van der Waals surface area contributed by atoms with E-state index in [2.05, 4.69) is 4.90 Å². The van der Waals surface area contributed by atoms with Gasteiger partial charge in [-0.15, -0.1) is 0 Å². The summed E-state index contributed by atoms with van der Waals surface area (Å²) in [5, 5.41) is 3.14. The van der Waals surface area contributed by atoms with Crippen LogP contribution in [0.4, 0.5) is 4.79 Å². The molecule has 3 aromatic carbocycles. The van der Waals surface area contributed by atoms with Crippen LogP contribution in [0.15, 0.2) is 76.3 Å². The first kappa shape index (κ1) is 40.8. The lowest BCUT2D eigenvalue weighted by atomic mass is 10.0. The Kier molecular flexibility index (Phi) is 12.8. The molecule has 0 aliphatic carbocycles. The summed E-state index contributed by atoms with van der Waals surface area (Å²) in [7, 11) is 0. The molecule has 2 aliphatic heterocycles. The lowest BCUT2D eigenvalue weighted by Gasteiger charge is -2.39. The standard InChI is InChI=1S/C31H38ClN3O5.C12H10ClNO2/c1-21-17-29(36)34(26-19-23(32)6-7-25(21)26)14-13-33-11-9-24(10-12-33)35(30(37)40-31(2,3)4)20-22-5-8-27-28(18-22)39-16-15-38-27;1-8-6-12(16)14(4-5-15)11-7-9(13)2-3-10(8)11/h5-8,17-19,24H,9-16,20H2,1-4H3;2-3,5-7H,4H2,1H3. The summed E-state index contributed by atoms with van der Waals surface area (Å²) in [4.78, 5) is 52.7. The molecular formula is C43H48Cl2N4O7. The number of aldehydes is 1. The molecule has 0 radical (unpaired) electrons. The van der Waals surface area contributed by atoms with Gasteiger partial charge in [0, 0.05) is 71.7 Å². The van der Waals surface area contributed by atoms with Gasteiger partial charge in [-0.2, -0.15) is 0 Å². The second-order valence-corrected chi connectivity index (χ2v) is 16.1. The van der Waals surface area contributed by atoms with E-state index < -0.39 is 5.60 Å². The summed E-state index contributed by atoms with van der Waals surface area (Å²) in [6.07, 6.45) is 2.03. The number of hydrogen-bond donors (Lipinski definition) is 0. The van der Waals surface area contributed by atoms with Gasteiger partial charge >= 0.3 is 6.09 Å². The number of rotatable bonds is 8. The predicted molar refractivity (Wildman–Crippen MR) is 221 cm³/mol. The maximum absolute atomic E-state index is 13.3. The van der Waals surface area contributed by atoms with E-state index in [-0.39, 0.29) is 29.8 Å². The maximum atomic E-state index is 13.3. The third kappa shape index (κ3) is 9.75. The number of halogens is 2.